The molecule has 3 aromatic rings. The first-order chi connectivity index (χ1) is 15.1. The highest BCUT2D eigenvalue weighted by Gasteiger charge is 2.20. The van der Waals surface area contributed by atoms with Gasteiger partial charge >= 0.3 is 0 Å². The average Bonchev–Trinajstić information content (AvgIpc) is 3.33. The SMILES string of the molecule is CC(=NNC(=O)c1ccc(C(=O)NC(C)C)s1)c1nn(C)c(-c2ccc(Cl)c(Cl)c2)c1O. The summed E-state index contributed by atoms with van der Waals surface area (Å²) >= 11 is 13.1. The Morgan fingerprint density at radius 3 is 2.41 bits per heavy atom. The van der Waals surface area contributed by atoms with Gasteiger partial charge in [0.05, 0.1) is 25.5 Å². The minimum absolute atomic E-state index is 0.00559. The van der Waals surface area contributed by atoms with E-state index in [9.17, 15) is 14.7 Å². The summed E-state index contributed by atoms with van der Waals surface area (Å²) in [7, 11) is 1.67. The summed E-state index contributed by atoms with van der Waals surface area (Å²) in [5, 5.41) is 22.6. The molecule has 3 N–H and O–H groups in total. The number of halogens is 2. The molecule has 0 aliphatic heterocycles. The Hall–Kier alpha value is -2.88. The molecule has 0 aliphatic rings. The summed E-state index contributed by atoms with van der Waals surface area (Å²) in [6.45, 7) is 5.32. The molecule has 0 saturated carbocycles. The van der Waals surface area contributed by atoms with Crippen molar-refractivity contribution in [3.63, 3.8) is 0 Å². The number of nitrogens with one attached hydrogen (secondary N) is 2. The van der Waals surface area contributed by atoms with Gasteiger partial charge in [0, 0.05) is 18.7 Å². The lowest BCUT2D eigenvalue weighted by atomic mass is 10.1. The van der Waals surface area contributed by atoms with E-state index >= 15 is 0 Å². The van der Waals surface area contributed by atoms with Gasteiger partial charge in [-0.15, -0.1) is 11.3 Å². The molecule has 0 unspecified atom stereocenters. The molecule has 168 valence electrons. The lowest BCUT2D eigenvalue weighted by Gasteiger charge is -2.05. The zero-order chi connectivity index (χ0) is 23.6. The van der Waals surface area contributed by atoms with E-state index in [2.05, 4.69) is 20.9 Å². The van der Waals surface area contributed by atoms with E-state index in [1.165, 1.54) is 4.68 Å². The van der Waals surface area contributed by atoms with Crippen molar-refractivity contribution in [3.8, 4) is 17.0 Å². The Kier molecular flexibility index (Phi) is 7.22. The standard InChI is InChI=1S/C21H21Cl2N5O3S/c1-10(2)24-20(30)15-7-8-16(32-15)21(31)26-25-11(3)17-19(29)18(28(4)27-17)12-5-6-13(22)14(23)9-12/h5-10,29H,1-4H3,(H,24,30)(H,26,31). The first-order valence-electron chi connectivity index (χ1n) is 9.55. The molecule has 11 heteroatoms. The Bertz CT molecular complexity index is 1220. The first kappa shape index (κ1) is 23.8. The van der Waals surface area contributed by atoms with E-state index in [0.29, 0.717) is 36.8 Å². The van der Waals surface area contributed by atoms with Gasteiger partial charge in [-0.3, -0.25) is 14.3 Å². The maximum absolute atomic E-state index is 12.4. The van der Waals surface area contributed by atoms with Crippen LogP contribution in [0.25, 0.3) is 11.3 Å². The molecule has 2 heterocycles. The third-order valence-electron chi connectivity index (χ3n) is 4.36. The summed E-state index contributed by atoms with van der Waals surface area (Å²) in [5.41, 5.74) is 3.99. The van der Waals surface area contributed by atoms with Crippen LogP contribution >= 0.6 is 34.5 Å². The number of hydrogen-bond donors (Lipinski definition) is 3. The quantitative estimate of drug-likeness (QED) is 0.348. The lowest BCUT2D eigenvalue weighted by molar-refractivity contribution is 0.0944. The minimum Gasteiger partial charge on any atom is -0.504 e. The molecule has 2 amide bonds. The molecule has 0 aliphatic carbocycles. The second kappa shape index (κ2) is 9.72. The van der Waals surface area contributed by atoms with Crippen LogP contribution in [-0.2, 0) is 7.05 Å². The minimum atomic E-state index is -0.474. The van der Waals surface area contributed by atoms with Crippen molar-refractivity contribution in [3.05, 3.63) is 55.8 Å². The zero-order valence-corrected chi connectivity index (χ0v) is 20.1. The monoisotopic (exact) mass is 493 g/mol. The summed E-state index contributed by atoms with van der Waals surface area (Å²) < 4.78 is 1.49. The molecular formula is C21H21Cl2N5O3S. The second-order valence-electron chi connectivity index (χ2n) is 7.23. The number of rotatable bonds is 6. The van der Waals surface area contributed by atoms with Crippen molar-refractivity contribution < 1.29 is 14.7 Å². The van der Waals surface area contributed by atoms with Crippen LogP contribution in [0.5, 0.6) is 5.75 Å². The van der Waals surface area contributed by atoms with Gasteiger partial charge in [0.2, 0.25) is 0 Å². The number of aromatic hydroxyl groups is 1. The topological polar surface area (TPSA) is 109 Å². The van der Waals surface area contributed by atoms with E-state index in [1.54, 1.807) is 44.3 Å². The molecule has 0 atom stereocenters. The first-order valence-corrected chi connectivity index (χ1v) is 11.1. The van der Waals surface area contributed by atoms with Crippen molar-refractivity contribution in [2.24, 2.45) is 12.1 Å². The van der Waals surface area contributed by atoms with Gasteiger partial charge in [-0.05, 0) is 45.0 Å². The molecule has 0 saturated heterocycles. The predicted octanol–water partition coefficient (Wildman–Crippen LogP) is 4.45. The maximum atomic E-state index is 12.4. The van der Waals surface area contributed by atoms with Gasteiger partial charge in [-0.25, -0.2) is 5.43 Å². The van der Waals surface area contributed by atoms with Gasteiger partial charge < -0.3 is 10.4 Å². The summed E-state index contributed by atoms with van der Waals surface area (Å²) in [4.78, 5) is 25.2. The Morgan fingerprint density at radius 2 is 1.78 bits per heavy atom. The smallest absolute Gasteiger partial charge is 0.281 e. The van der Waals surface area contributed by atoms with Crippen molar-refractivity contribution in [1.82, 2.24) is 20.5 Å². The Balaban J connectivity index is 1.78. The summed E-state index contributed by atoms with van der Waals surface area (Å²) in [6.07, 6.45) is 0. The second-order valence-corrected chi connectivity index (χ2v) is 9.13. The average molecular weight is 494 g/mol. The van der Waals surface area contributed by atoms with E-state index in [0.717, 1.165) is 11.3 Å². The van der Waals surface area contributed by atoms with Crippen molar-refractivity contribution in [2.75, 3.05) is 0 Å². The number of amides is 2. The number of aryl methyl sites for hydroxylation is 1. The number of hydrogen-bond acceptors (Lipinski definition) is 6. The fourth-order valence-corrected chi connectivity index (χ4v) is 3.98. The van der Waals surface area contributed by atoms with E-state index in [4.69, 9.17) is 23.2 Å². The molecular weight excluding hydrogens is 473 g/mol. The molecule has 32 heavy (non-hydrogen) atoms. The summed E-state index contributed by atoms with van der Waals surface area (Å²) in [5.74, 6) is -0.819. The van der Waals surface area contributed by atoms with Crippen molar-refractivity contribution >= 4 is 52.1 Å². The van der Waals surface area contributed by atoms with Gasteiger partial charge in [-0.2, -0.15) is 10.2 Å². The number of nitrogens with zero attached hydrogens (tertiary/aromatic N) is 3. The van der Waals surface area contributed by atoms with Crippen molar-refractivity contribution in [1.29, 1.82) is 0 Å². The molecule has 0 radical (unpaired) electrons. The third kappa shape index (κ3) is 5.12. The van der Waals surface area contributed by atoms with Crippen LogP contribution in [0.4, 0.5) is 0 Å². The molecule has 0 bridgehead atoms. The normalized spacial score (nSPS) is 11.7. The highest BCUT2D eigenvalue weighted by molar-refractivity contribution is 7.15. The number of aromatic nitrogens is 2. The zero-order valence-electron chi connectivity index (χ0n) is 17.7. The molecule has 3 rings (SSSR count). The summed E-state index contributed by atoms with van der Waals surface area (Å²) in [6, 6.07) is 8.11. The number of thiophene rings is 1. The molecule has 1 aromatic carbocycles. The fourth-order valence-electron chi connectivity index (χ4n) is 2.88. The molecule has 0 spiro atoms. The fraction of sp³-hybridized carbons (Fsp3) is 0.238. The molecule has 8 nitrogen and oxygen atoms in total. The molecule has 0 fully saturated rings. The Labute approximate surface area is 198 Å². The Morgan fingerprint density at radius 1 is 1.12 bits per heavy atom. The predicted molar refractivity (Wildman–Crippen MR) is 127 cm³/mol. The van der Waals surface area contributed by atoms with Gasteiger partial charge in [0.15, 0.2) is 11.4 Å². The number of benzene rings is 1. The van der Waals surface area contributed by atoms with Crippen LogP contribution < -0.4 is 10.7 Å². The number of carbonyl (C=O) groups is 2. The van der Waals surface area contributed by atoms with E-state index in [1.807, 2.05) is 13.8 Å². The van der Waals surface area contributed by atoms with Crippen molar-refractivity contribution in [2.45, 2.75) is 26.8 Å². The van der Waals surface area contributed by atoms with Gasteiger partial charge in [-0.1, -0.05) is 29.3 Å². The lowest BCUT2D eigenvalue weighted by Crippen LogP contribution is -2.29. The van der Waals surface area contributed by atoms with Crippen LogP contribution in [0, 0.1) is 0 Å². The number of hydrazone groups is 1. The van der Waals surface area contributed by atoms with E-state index in [-0.39, 0.29) is 23.4 Å². The van der Waals surface area contributed by atoms with Gasteiger partial charge in [0.25, 0.3) is 11.8 Å². The third-order valence-corrected chi connectivity index (χ3v) is 6.18. The van der Waals surface area contributed by atoms with Crippen LogP contribution in [0.2, 0.25) is 10.0 Å². The van der Waals surface area contributed by atoms with Crippen LogP contribution in [0.3, 0.4) is 0 Å². The van der Waals surface area contributed by atoms with E-state index < -0.39 is 5.91 Å². The largest absolute Gasteiger partial charge is 0.504 e. The van der Waals surface area contributed by atoms with Crippen LogP contribution in [0.15, 0.2) is 35.4 Å². The van der Waals surface area contributed by atoms with Crippen LogP contribution in [0.1, 0.15) is 45.8 Å². The number of carbonyl (C=O) groups excluding carboxylic acids is 2. The highest BCUT2D eigenvalue weighted by Crippen LogP contribution is 2.35. The molecule has 2 aromatic heterocycles. The maximum Gasteiger partial charge on any atom is 0.281 e. The van der Waals surface area contributed by atoms with Gasteiger partial charge in [0.1, 0.15) is 5.69 Å². The highest BCUT2D eigenvalue weighted by atomic mass is 35.5. The van der Waals surface area contributed by atoms with Crippen LogP contribution in [-0.4, -0.2) is 38.5 Å².